The summed E-state index contributed by atoms with van der Waals surface area (Å²) in [6, 6.07) is 56.8. The van der Waals surface area contributed by atoms with E-state index in [0.717, 1.165) is 77.2 Å². The second-order valence-corrected chi connectivity index (χ2v) is 13.9. The molecular weight excluding hydrogens is 665 g/mol. The van der Waals surface area contributed by atoms with Crippen LogP contribution in [0, 0.1) is 0 Å². The van der Waals surface area contributed by atoms with Crippen molar-refractivity contribution < 1.29 is 12.6 Å². The van der Waals surface area contributed by atoms with Crippen molar-refractivity contribution in [2.45, 2.75) is 0 Å². The molecule has 0 aliphatic rings. The molecule has 55 heavy (non-hydrogen) atoms. The predicted octanol–water partition coefficient (Wildman–Crippen LogP) is 15.4. The zero-order valence-corrected chi connectivity index (χ0v) is 29.6. The maximum absolute atomic E-state index is 9.55. The molecule has 0 fully saturated rings. The number of benzene rings is 10. The summed E-state index contributed by atoms with van der Waals surface area (Å²) >= 11 is 0. The summed E-state index contributed by atoms with van der Waals surface area (Å²) < 4.78 is 59.9. The van der Waals surface area contributed by atoms with Gasteiger partial charge in [-0.05, 0) is 112 Å². The molecule has 0 saturated carbocycles. The number of hydrogen-bond acceptors (Lipinski definition) is 1. The topological polar surface area (TPSA) is 13.1 Å². The summed E-state index contributed by atoms with van der Waals surface area (Å²) in [5, 5.41) is 5.24. The van der Waals surface area contributed by atoms with Crippen molar-refractivity contribution in [3.05, 3.63) is 206 Å². The number of rotatable bonds is 5. The molecule has 0 unspecified atom stereocenters. The first-order chi connectivity index (χ1) is 29.8. The first kappa shape index (κ1) is 25.7. The highest BCUT2D eigenvalue weighted by molar-refractivity contribution is 6.23. The van der Waals surface area contributed by atoms with Gasteiger partial charge in [0, 0.05) is 10.8 Å². The minimum Gasteiger partial charge on any atom is -0.456 e. The van der Waals surface area contributed by atoms with Crippen LogP contribution in [0.1, 0.15) is 8.22 Å². The van der Waals surface area contributed by atoms with E-state index in [1.54, 1.807) is 0 Å². The van der Waals surface area contributed by atoms with Crippen molar-refractivity contribution in [2.75, 3.05) is 0 Å². The fraction of sp³-hybridized carbons (Fsp3) is 0. The third kappa shape index (κ3) is 5.24. The molecule has 11 rings (SSSR count). The molecule has 0 N–H and O–H groups in total. The van der Waals surface area contributed by atoms with Gasteiger partial charge in [-0.15, -0.1) is 0 Å². The number of furan rings is 1. The SMILES string of the molecule is [2H]c1c([2H])c([2H])c2c([2H])c3c(oc4cc(-c5c6ccccc6c(-c6ccc(-c7ccccc7)cc6)c6ccccc56)cc(-c5ccc(-c6ccccc6)cc5)c43)c([2H])c2c1[2H]. The molecule has 1 aromatic heterocycles. The highest BCUT2D eigenvalue weighted by atomic mass is 16.3. The van der Waals surface area contributed by atoms with Crippen LogP contribution in [0.2, 0.25) is 0 Å². The van der Waals surface area contributed by atoms with Gasteiger partial charge < -0.3 is 4.42 Å². The molecule has 0 amide bonds. The summed E-state index contributed by atoms with van der Waals surface area (Å²) in [5.74, 6) is 0. The standard InChI is InChI=1S/C54H34O/c1-3-13-35(14-4-1)37-23-27-39(28-24-37)48-32-43(34-51-54(48)49-31-41-17-7-8-18-42(41)33-50(49)55-51)53-46-21-11-9-19-44(46)52(45-20-10-12-22-47(45)53)40-29-25-38(26-30-40)36-15-5-2-6-16-36/h1-34H/i7D,8D,17D,18D,31D,33D. The van der Waals surface area contributed by atoms with Crippen molar-refractivity contribution in [3.63, 3.8) is 0 Å². The lowest BCUT2D eigenvalue weighted by molar-refractivity contribution is 0.669. The number of hydrogen-bond donors (Lipinski definition) is 0. The van der Waals surface area contributed by atoms with Crippen LogP contribution in [-0.2, 0) is 0 Å². The Morgan fingerprint density at radius 2 is 0.782 bits per heavy atom. The Bertz CT molecular complexity index is 3500. The Hall–Kier alpha value is -7.22. The van der Waals surface area contributed by atoms with Crippen LogP contribution in [0.3, 0.4) is 0 Å². The van der Waals surface area contributed by atoms with E-state index in [1.165, 1.54) is 0 Å². The minimum absolute atomic E-state index is 0.00466. The smallest absolute Gasteiger partial charge is 0.136 e. The number of fused-ring (bicyclic) bond motifs is 6. The van der Waals surface area contributed by atoms with Crippen LogP contribution >= 0.6 is 0 Å². The third-order valence-corrected chi connectivity index (χ3v) is 10.8. The Balaban J connectivity index is 1.22. The monoisotopic (exact) mass is 704 g/mol. The van der Waals surface area contributed by atoms with E-state index in [4.69, 9.17) is 9.90 Å². The van der Waals surface area contributed by atoms with Crippen molar-refractivity contribution in [3.8, 4) is 55.6 Å². The lowest BCUT2D eigenvalue weighted by Gasteiger charge is -2.19. The van der Waals surface area contributed by atoms with Crippen molar-refractivity contribution in [2.24, 2.45) is 0 Å². The Kier molecular flexibility index (Phi) is 5.95. The average molecular weight is 705 g/mol. The molecule has 10 aromatic carbocycles. The quantitative estimate of drug-likeness (QED) is 0.163. The fourth-order valence-corrected chi connectivity index (χ4v) is 8.23. The lowest BCUT2D eigenvalue weighted by Crippen LogP contribution is -1.92. The first-order valence-electron chi connectivity index (χ1n) is 21.4. The fourth-order valence-electron chi connectivity index (χ4n) is 8.23. The summed E-state index contributed by atoms with van der Waals surface area (Å²) in [4.78, 5) is 0. The van der Waals surface area contributed by atoms with E-state index < -0.39 is 12.1 Å². The summed E-state index contributed by atoms with van der Waals surface area (Å²) in [6.07, 6.45) is 0. The van der Waals surface area contributed by atoms with Crippen LogP contribution in [0.4, 0.5) is 0 Å². The zero-order chi connectivity index (χ0) is 41.5. The molecule has 0 bridgehead atoms. The second-order valence-electron chi connectivity index (χ2n) is 13.9. The summed E-state index contributed by atoms with van der Waals surface area (Å²) in [7, 11) is 0. The van der Waals surface area contributed by atoms with Crippen LogP contribution in [0.25, 0.3) is 110 Å². The van der Waals surface area contributed by atoms with Gasteiger partial charge in [-0.1, -0.05) is 182 Å². The predicted molar refractivity (Wildman–Crippen MR) is 233 cm³/mol. The normalized spacial score (nSPS) is 13.2. The van der Waals surface area contributed by atoms with E-state index in [1.807, 2.05) is 30.3 Å². The molecule has 1 heterocycles. The van der Waals surface area contributed by atoms with E-state index >= 15 is 0 Å². The molecule has 256 valence electrons. The van der Waals surface area contributed by atoms with Crippen LogP contribution in [0.5, 0.6) is 0 Å². The summed E-state index contributed by atoms with van der Waals surface area (Å²) in [5.41, 5.74) is 10.8. The van der Waals surface area contributed by atoms with Gasteiger partial charge in [0.1, 0.15) is 11.2 Å². The molecule has 0 saturated heterocycles. The van der Waals surface area contributed by atoms with Crippen molar-refractivity contribution in [1.82, 2.24) is 0 Å². The Morgan fingerprint density at radius 3 is 1.33 bits per heavy atom. The zero-order valence-electron chi connectivity index (χ0n) is 35.6. The average Bonchev–Trinajstić information content (AvgIpc) is 3.71. The van der Waals surface area contributed by atoms with Gasteiger partial charge in [-0.25, -0.2) is 0 Å². The largest absolute Gasteiger partial charge is 0.456 e. The molecule has 0 aliphatic carbocycles. The van der Waals surface area contributed by atoms with E-state index in [0.29, 0.717) is 16.4 Å². The lowest BCUT2D eigenvalue weighted by atomic mass is 9.84. The Morgan fingerprint density at radius 1 is 0.345 bits per heavy atom. The van der Waals surface area contributed by atoms with E-state index in [-0.39, 0.29) is 40.5 Å². The maximum Gasteiger partial charge on any atom is 0.136 e. The molecule has 0 radical (unpaired) electrons. The van der Waals surface area contributed by atoms with Gasteiger partial charge in [-0.2, -0.15) is 0 Å². The van der Waals surface area contributed by atoms with Crippen molar-refractivity contribution in [1.29, 1.82) is 0 Å². The molecule has 0 spiro atoms. The minimum atomic E-state index is -0.448. The van der Waals surface area contributed by atoms with Crippen LogP contribution in [-0.4, -0.2) is 0 Å². The third-order valence-electron chi connectivity index (χ3n) is 10.8. The van der Waals surface area contributed by atoms with Gasteiger partial charge in [-0.3, -0.25) is 0 Å². The molecule has 1 nitrogen and oxygen atoms in total. The van der Waals surface area contributed by atoms with Crippen molar-refractivity contribution >= 4 is 54.3 Å². The van der Waals surface area contributed by atoms with Crippen LogP contribution < -0.4 is 0 Å². The van der Waals surface area contributed by atoms with Gasteiger partial charge in [0.05, 0.1) is 8.22 Å². The summed E-state index contributed by atoms with van der Waals surface area (Å²) in [6.45, 7) is 0. The van der Waals surface area contributed by atoms with Gasteiger partial charge >= 0.3 is 0 Å². The molecular formula is C54H34O. The molecule has 0 atom stereocenters. The molecule has 11 aromatic rings. The Labute approximate surface area is 327 Å². The van der Waals surface area contributed by atoms with Gasteiger partial charge in [0.2, 0.25) is 0 Å². The molecule has 0 aliphatic heterocycles. The first-order valence-corrected chi connectivity index (χ1v) is 18.4. The highest BCUT2D eigenvalue weighted by Crippen LogP contribution is 2.47. The molecule has 1 heteroatoms. The maximum atomic E-state index is 9.55. The van der Waals surface area contributed by atoms with Gasteiger partial charge in [0.25, 0.3) is 0 Å². The van der Waals surface area contributed by atoms with Crippen LogP contribution in [0.15, 0.2) is 211 Å². The van der Waals surface area contributed by atoms with Gasteiger partial charge in [0.15, 0.2) is 0 Å². The second kappa shape index (κ2) is 12.7. The highest BCUT2D eigenvalue weighted by Gasteiger charge is 2.21. The van der Waals surface area contributed by atoms with E-state index in [2.05, 4.69) is 140 Å². The van der Waals surface area contributed by atoms with E-state index in [9.17, 15) is 2.74 Å².